The largest absolute Gasteiger partial charge is 0.396 e. The first-order valence-corrected chi connectivity index (χ1v) is 7.95. The Morgan fingerprint density at radius 1 is 1.20 bits per heavy atom. The van der Waals surface area contributed by atoms with Crippen LogP contribution >= 0.6 is 0 Å². The van der Waals surface area contributed by atoms with Crippen molar-refractivity contribution in [2.45, 2.75) is 39.2 Å². The van der Waals surface area contributed by atoms with Crippen molar-refractivity contribution in [2.75, 3.05) is 31.1 Å². The molecule has 0 saturated carbocycles. The third-order valence-electron chi connectivity index (χ3n) is 4.10. The van der Waals surface area contributed by atoms with Crippen LogP contribution in [0.25, 0.3) is 0 Å². The minimum Gasteiger partial charge on any atom is -0.396 e. The smallest absolute Gasteiger partial charge is 0.0456 e. The molecule has 2 N–H and O–H groups in total. The van der Waals surface area contributed by atoms with E-state index in [4.69, 9.17) is 5.11 Å². The Kier molecular flexibility index (Phi) is 6.34. The van der Waals surface area contributed by atoms with Crippen LogP contribution in [0.2, 0.25) is 0 Å². The van der Waals surface area contributed by atoms with Gasteiger partial charge in [0.2, 0.25) is 0 Å². The Bertz CT molecular complexity index is 371. The summed E-state index contributed by atoms with van der Waals surface area (Å²) in [5.74, 6) is 0.427. The van der Waals surface area contributed by atoms with Gasteiger partial charge in [-0.25, -0.2) is 0 Å². The Hall–Kier alpha value is -1.06. The van der Waals surface area contributed by atoms with Crippen molar-refractivity contribution in [3.05, 3.63) is 29.8 Å². The quantitative estimate of drug-likeness (QED) is 0.717. The molecule has 1 fully saturated rings. The third-order valence-corrected chi connectivity index (χ3v) is 4.10. The summed E-state index contributed by atoms with van der Waals surface area (Å²) < 4.78 is 0. The first-order chi connectivity index (χ1) is 9.79. The van der Waals surface area contributed by atoms with Crippen molar-refractivity contribution in [3.8, 4) is 0 Å². The Morgan fingerprint density at radius 2 is 1.90 bits per heavy atom. The zero-order chi connectivity index (χ0) is 14.2. The lowest BCUT2D eigenvalue weighted by molar-refractivity contribution is 0.228. The molecule has 3 nitrogen and oxygen atoms in total. The van der Waals surface area contributed by atoms with Gasteiger partial charge in [-0.2, -0.15) is 0 Å². The van der Waals surface area contributed by atoms with Gasteiger partial charge in [0.05, 0.1) is 0 Å². The fraction of sp³-hybridized carbons (Fsp3) is 0.647. The number of hydrogen-bond donors (Lipinski definition) is 2. The summed E-state index contributed by atoms with van der Waals surface area (Å²) in [6.45, 7) is 6.78. The maximum atomic E-state index is 8.96. The first-order valence-electron chi connectivity index (χ1n) is 7.95. The molecule has 0 spiro atoms. The van der Waals surface area contributed by atoms with Gasteiger partial charge in [-0.1, -0.05) is 19.1 Å². The molecular formula is C17H28N2O. The summed E-state index contributed by atoms with van der Waals surface area (Å²) in [7, 11) is 0. The highest BCUT2D eigenvalue weighted by molar-refractivity contribution is 5.48. The normalized spacial score (nSPS) is 16.6. The highest BCUT2D eigenvalue weighted by Crippen LogP contribution is 2.20. The van der Waals surface area contributed by atoms with Gasteiger partial charge in [-0.15, -0.1) is 0 Å². The van der Waals surface area contributed by atoms with Crippen LogP contribution in [0.4, 0.5) is 5.69 Å². The van der Waals surface area contributed by atoms with Crippen LogP contribution in [0.15, 0.2) is 24.3 Å². The van der Waals surface area contributed by atoms with E-state index in [1.165, 1.54) is 37.2 Å². The molecule has 1 aromatic carbocycles. The highest BCUT2D eigenvalue weighted by Gasteiger charge is 2.11. The summed E-state index contributed by atoms with van der Waals surface area (Å²) >= 11 is 0. The van der Waals surface area contributed by atoms with E-state index >= 15 is 0 Å². The molecule has 2 rings (SSSR count). The maximum absolute atomic E-state index is 8.96. The zero-order valence-corrected chi connectivity index (χ0v) is 12.6. The summed E-state index contributed by atoms with van der Waals surface area (Å²) in [4.78, 5) is 2.47. The summed E-state index contributed by atoms with van der Waals surface area (Å²) in [5, 5.41) is 12.4. The Labute approximate surface area is 123 Å². The van der Waals surface area contributed by atoms with Crippen molar-refractivity contribution in [1.82, 2.24) is 5.32 Å². The van der Waals surface area contributed by atoms with E-state index in [1.54, 1.807) is 0 Å². The number of hydrogen-bond acceptors (Lipinski definition) is 3. The third kappa shape index (κ3) is 4.80. The van der Waals surface area contributed by atoms with Gasteiger partial charge < -0.3 is 15.3 Å². The van der Waals surface area contributed by atoms with Crippen molar-refractivity contribution in [2.24, 2.45) is 5.92 Å². The molecular weight excluding hydrogens is 248 g/mol. The van der Waals surface area contributed by atoms with E-state index in [0.29, 0.717) is 12.5 Å². The van der Waals surface area contributed by atoms with Gasteiger partial charge in [0.25, 0.3) is 0 Å². The molecule has 1 saturated heterocycles. The Balaban J connectivity index is 1.66. The lowest BCUT2D eigenvalue weighted by Gasteiger charge is -2.17. The highest BCUT2D eigenvalue weighted by atomic mass is 16.3. The van der Waals surface area contributed by atoms with E-state index in [9.17, 15) is 0 Å². The van der Waals surface area contributed by atoms with Crippen LogP contribution in [0, 0.1) is 5.92 Å². The van der Waals surface area contributed by atoms with E-state index in [1.807, 2.05) is 0 Å². The predicted octanol–water partition coefficient (Wildman–Crippen LogP) is 2.79. The topological polar surface area (TPSA) is 35.5 Å². The second-order valence-electron chi connectivity index (χ2n) is 5.97. The second-order valence-corrected chi connectivity index (χ2v) is 5.97. The minimum absolute atomic E-state index is 0.304. The second kappa shape index (κ2) is 8.28. The molecule has 1 heterocycles. The van der Waals surface area contributed by atoms with Crippen LogP contribution in [0.5, 0.6) is 0 Å². The molecule has 0 radical (unpaired) electrons. The molecule has 0 aliphatic carbocycles. The monoisotopic (exact) mass is 276 g/mol. The molecule has 3 heteroatoms. The van der Waals surface area contributed by atoms with Crippen molar-refractivity contribution < 1.29 is 5.11 Å². The summed E-state index contributed by atoms with van der Waals surface area (Å²) in [6.07, 6.45) is 4.89. The van der Waals surface area contributed by atoms with Gasteiger partial charge in [0.1, 0.15) is 0 Å². The number of nitrogens with one attached hydrogen (secondary N) is 1. The number of aliphatic hydroxyl groups is 1. The van der Waals surface area contributed by atoms with E-state index in [0.717, 1.165) is 25.9 Å². The predicted molar refractivity (Wildman–Crippen MR) is 85.1 cm³/mol. The molecule has 20 heavy (non-hydrogen) atoms. The van der Waals surface area contributed by atoms with E-state index in [-0.39, 0.29) is 0 Å². The average molecular weight is 276 g/mol. The van der Waals surface area contributed by atoms with Crippen LogP contribution in [0.3, 0.4) is 0 Å². The molecule has 112 valence electrons. The Morgan fingerprint density at radius 3 is 2.55 bits per heavy atom. The molecule has 1 aromatic rings. The molecule has 1 unspecified atom stereocenters. The van der Waals surface area contributed by atoms with Gasteiger partial charge in [-0.05, 0) is 55.8 Å². The molecule has 0 amide bonds. The number of anilines is 1. The number of aliphatic hydroxyl groups excluding tert-OH is 1. The fourth-order valence-electron chi connectivity index (χ4n) is 2.70. The SMILES string of the molecule is CC(CO)CCCNCc1ccc(N2CCCC2)cc1. The maximum Gasteiger partial charge on any atom is 0.0456 e. The summed E-state index contributed by atoms with van der Waals surface area (Å²) in [6, 6.07) is 8.96. The fourth-order valence-corrected chi connectivity index (χ4v) is 2.70. The first kappa shape index (κ1) is 15.3. The van der Waals surface area contributed by atoms with Crippen LogP contribution < -0.4 is 10.2 Å². The lowest BCUT2D eigenvalue weighted by atomic mass is 10.1. The van der Waals surface area contributed by atoms with E-state index < -0.39 is 0 Å². The van der Waals surface area contributed by atoms with Gasteiger partial charge in [-0.3, -0.25) is 0 Å². The molecule has 0 bridgehead atoms. The molecule has 0 aromatic heterocycles. The number of rotatable bonds is 8. The van der Waals surface area contributed by atoms with Gasteiger partial charge in [0, 0.05) is 31.9 Å². The van der Waals surface area contributed by atoms with Crippen LogP contribution in [-0.2, 0) is 6.54 Å². The van der Waals surface area contributed by atoms with Crippen molar-refractivity contribution in [1.29, 1.82) is 0 Å². The standard InChI is InChI=1S/C17H28N2O/c1-15(14-20)5-4-10-18-13-16-6-8-17(9-7-16)19-11-2-3-12-19/h6-9,15,18,20H,2-5,10-14H2,1H3. The molecule has 1 atom stereocenters. The number of benzene rings is 1. The van der Waals surface area contributed by atoms with Crippen molar-refractivity contribution >= 4 is 5.69 Å². The van der Waals surface area contributed by atoms with Crippen LogP contribution in [0.1, 0.15) is 38.2 Å². The van der Waals surface area contributed by atoms with E-state index in [2.05, 4.69) is 41.4 Å². The van der Waals surface area contributed by atoms with Crippen LogP contribution in [-0.4, -0.2) is 31.3 Å². The summed E-state index contributed by atoms with van der Waals surface area (Å²) in [5.41, 5.74) is 2.71. The van der Waals surface area contributed by atoms with Crippen molar-refractivity contribution in [3.63, 3.8) is 0 Å². The molecule has 1 aliphatic rings. The average Bonchev–Trinajstić information content (AvgIpc) is 3.01. The minimum atomic E-state index is 0.304. The number of nitrogens with zero attached hydrogens (tertiary/aromatic N) is 1. The zero-order valence-electron chi connectivity index (χ0n) is 12.6. The molecule has 1 aliphatic heterocycles. The van der Waals surface area contributed by atoms with Gasteiger partial charge in [0.15, 0.2) is 0 Å². The van der Waals surface area contributed by atoms with Gasteiger partial charge >= 0.3 is 0 Å². The lowest BCUT2D eigenvalue weighted by Crippen LogP contribution is -2.18.